The van der Waals surface area contributed by atoms with E-state index in [0.29, 0.717) is 11.8 Å². The van der Waals surface area contributed by atoms with E-state index in [0.717, 1.165) is 101 Å². The highest BCUT2D eigenvalue weighted by molar-refractivity contribution is 5.89. The molecule has 0 saturated heterocycles. The highest BCUT2D eigenvalue weighted by Crippen LogP contribution is 2.41. The molecule has 0 N–H and O–H groups in total. The van der Waals surface area contributed by atoms with Crippen LogP contribution < -0.4 is 9.80 Å². The van der Waals surface area contributed by atoms with Crippen molar-refractivity contribution in [1.82, 2.24) is 19.9 Å². The van der Waals surface area contributed by atoms with Gasteiger partial charge >= 0.3 is 0 Å². The maximum absolute atomic E-state index is 6.18. The molecule has 3 heterocycles. The van der Waals surface area contributed by atoms with Crippen molar-refractivity contribution in [2.75, 3.05) is 9.80 Å². The van der Waals surface area contributed by atoms with Crippen LogP contribution in [0.4, 0.5) is 34.1 Å². The second kappa shape index (κ2) is 16.5. The minimum absolute atomic E-state index is 0.579. The third kappa shape index (κ3) is 7.28. The van der Waals surface area contributed by atoms with Gasteiger partial charge in [0.2, 0.25) is 11.8 Å². The van der Waals surface area contributed by atoms with Crippen molar-refractivity contribution in [3.63, 3.8) is 0 Å². The number of hydrogen-bond acceptors (Lipinski definition) is 8. The number of hydrogen-bond donors (Lipinski definition) is 0. The van der Waals surface area contributed by atoms with Crippen LogP contribution >= 0.6 is 0 Å². The van der Waals surface area contributed by atoms with Gasteiger partial charge in [-0.05, 0) is 121 Å². The lowest BCUT2D eigenvalue weighted by atomic mass is 10.0. The van der Waals surface area contributed by atoms with Crippen LogP contribution in [0, 0.1) is 0 Å². The van der Waals surface area contributed by atoms with Gasteiger partial charge in [0, 0.05) is 56.4 Å². The zero-order valence-electron chi connectivity index (χ0n) is 35.4. The highest BCUT2D eigenvalue weighted by Gasteiger charge is 2.20. The maximum Gasteiger partial charge on any atom is 0.227 e. The molecule has 0 saturated carbocycles. The van der Waals surface area contributed by atoms with Crippen LogP contribution in [0.3, 0.4) is 0 Å². The highest BCUT2D eigenvalue weighted by atomic mass is 16.4. The summed E-state index contributed by atoms with van der Waals surface area (Å²) in [4.78, 5) is 24.6. The molecule has 0 aliphatic heterocycles. The SMILES string of the molecule is c1ccc(N(c2ccc(-c3nc4ccccc4nc3-c3ccc(N(c4ccccc4)c4cccc(-c5nc6ccccc6o5)c4)cc3)cc2)c2cccc(-c3nc4ccccc4o3)c2)cc1. The Bertz CT molecular complexity index is 3350. The van der Waals surface area contributed by atoms with Gasteiger partial charge in [-0.2, -0.15) is 0 Å². The third-order valence-electron chi connectivity index (χ3n) is 11.7. The zero-order chi connectivity index (χ0) is 43.8. The molecule has 0 fully saturated rings. The standard InChI is InChI=1S/C58H38N6O2/c1-3-17-43(18-4-1)63(47-21-13-15-41(37-47)57-61-51-25-9-11-27-53(51)65-57)45-33-29-39(30-34-45)55-56(60-50-24-8-7-23-49(50)59-55)40-31-35-46(36-32-40)64(44-19-5-2-6-20-44)48-22-14-16-42(38-48)58-62-52-26-10-12-28-54(52)66-58/h1-38H. The van der Waals surface area contributed by atoms with Crippen LogP contribution in [0.15, 0.2) is 239 Å². The minimum atomic E-state index is 0.579. The van der Waals surface area contributed by atoms with Gasteiger partial charge in [0.15, 0.2) is 11.2 Å². The number of aromatic nitrogens is 4. The van der Waals surface area contributed by atoms with Gasteiger partial charge in [-0.1, -0.05) is 109 Å². The predicted molar refractivity (Wildman–Crippen MR) is 266 cm³/mol. The van der Waals surface area contributed by atoms with E-state index in [1.54, 1.807) is 0 Å². The summed E-state index contributed by atoms with van der Waals surface area (Å²) in [5.74, 6) is 1.16. The molecular weight excluding hydrogens is 813 g/mol. The fourth-order valence-corrected chi connectivity index (χ4v) is 8.54. The average molecular weight is 851 g/mol. The molecule has 0 amide bonds. The molecule has 12 rings (SSSR count). The second-order valence-corrected chi connectivity index (χ2v) is 15.9. The Labute approximate surface area is 380 Å². The van der Waals surface area contributed by atoms with Crippen molar-refractivity contribution >= 4 is 67.4 Å². The number of oxazole rings is 2. The lowest BCUT2D eigenvalue weighted by molar-refractivity contribution is 0.619. The molecule has 312 valence electrons. The van der Waals surface area contributed by atoms with E-state index >= 15 is 0 Å². The summed E-state index contributed by atoms with van der Waals surface area (Å²) in [7, 11) is 0. The molecular formula is C58H38N6O2. The molecule has 0 aliphatic carbocycles. The van der Waals surface area contributed by atoms with Gasteiger partial charge in [0.1, 0.15) is 11.0 Å². The molecule has 0 spiro atoms. The van der Waals surface area contributed by atoms with Crippen LogP contribution in [0.25, 0.3) is 78.7 Å². The lowest BCUT2D eigenvalue weighted by Gasteiger charge is -2.26. The summed E-state index contributed by atoms with van der Waals surface area (Å²) in [6.07, 6.45) is 0. The number of benzene rings is 9. The zero-order valence-corrected chi connectivity index (χ0v) is 35.4. The van der Waals surface area contributed by atoms with Gasteiger partial charge in [0.05, 0.1) is 22.4 Å². The van der Waals surface area contributed by atoms with Crippen molar-refractivity contribution in [3.05, 3.63) is 231 Å². The largest absolute Gasteiger partial charge is 0.436 e. The van der Waals surface area contributed by atoms with Crippen molar-refractivity contribution < 1.29 is 8.83 Å². The van der Waals surface area contributed by atoms with Crippen molar-refractivity contribution in [2.24, 2.45) is 0 Å². The molecule has 0 atom stereocenters. The molecule has 9 aromatic carbocycles. The van der Waals surface area contributed by atoms with Crippen LogP contribution in [0.5, 0.6) is 0 Å². The maximum atomic E-state index is 6.18. The molecule has 0 bridgehead atoms. The van der Waals surface area contributed by atoms with Crippen molar-refractivity contribution in [2.45, 2.75) is 0 Å². The predicted octanol–water partition coefficient (Wildman–Crippen LogP) is 15.5. The Hall–Kier alpha value is -9.14. The lowest BCUT2D eigenvalue weighted by Crippen LogP contribution is -2.10. The molecule has 12 aromatic rings. The quantitative estimate of drug-likeness (QED) is 0.135. The van der Waals surface area contributed by atoms with E-state index in [1.807, 2.05) is 109 Å². The van der Waals surface area contributed by atoms with E-state index in [2.05, 4.69) is 131 Å². The van der Waals surface area contributed by atoms with Crippen molar-refractivity contribution in [3.8, 4) is 45.4 Å². The van der Waals surface area contributed by atoms with Gasteiger partial charge in [-0.15, -0.1) is 0 Å². The smallest absolute Gasteiger partial charge is 0.227 e. The second-order valence-electron chi connectivity index (χ2n) is 15.9. The van der Waals surface area contributed by atoms with E-state index < -0.39 is 0 Å². The number of anilines is 6. The molecule has 0 aliphatic rings. The van der Waals surface area contributed by atoms with Crippen LogP contribution in [0.2, 0.25) is 0 Å². The van der Waals surface area contributed by atoms with Gasteiger partial charge in [0.25, 0.3) is 0 Å². The first kappa shape index (κ1) is 38.5. The number of para-hydroxylation sites is 8. The summed E-state index contributed by atoms with van der Waals surface area (Å²) in [6, 6.07) is 78.2. The van der Waals surface area contributed by atoms with Gasteiger partial charge in [-0.25, -0.2) is 19.9 Å². The number of fused-ring (bicyclic) bond motifs is 3. The molecule has 0 radical (unpaired) electrons. The topological polar surface area (TPSA) is 84.3 Å². The van der Waals surface area contributed by atoms with Crippen LogP contribution in [-0.4, -0.2) is 19.9 Å². The Morgan fingerprint density at radius 1 is 0.258 bits per heavy atom. The normalized spacial score (nSPS) is 11.3. The fraction of sp³-hybridized carbons (Fsp3) is 0. The molecule has 8 heteroatoms. The fourth-order valence-electron chi connectivity index (χ4n) is 8.54. The summed E-state index contributed by atoms with van der Waals surface area (Å²) < 4.78 is 12.4. The minimum Gasteiger partial charge on any atom is -0.436 e. The average Bonchev–Trinajstić information content (AvgIpc) is 4.03. The van der Waals surface area contributed by atoms with Crippen LogP contribution in [-0.2, 0) is 0 Å². The summed E-state index contributed by atoms with van der Waals surface area (Å²) in [6.45, 7) is 0. The van der Waals surface area contributed by atoms with E-state index in [-0.39, 0.29) is 0 Å². The summed E-state index contributed by atoms with van der Waals surface area (Å²) >= 11 is 0. The molecule has 8 nitrogen and oxygen atoms in total. The first-order chi connectivity index (χ1) is 32.7. The van der Waals surface area contributed by atoms with E-state index in [4.69, 9.17) is 28.8 Å². The first-order valence-electron chi connectivity index (χ1n) is 21.8. The molecule has 0 unspecified atom stereocenters. The Kier molecular flexibility index (Phi) is 9.65. The Morgan fingerprint density at radius 3 is 1.02 bits per heavy atom. The monoisotopic (exact) mass is 850 g/mol. The first-order valence-corrected chi connectivity index (χ1v) is 21.8. The Balaban J connectivity index is 0.911. The summed E-state index contributed by atoms with van der Waals surface area (Å²) in [5.41, 5.74) is 16.1. The molecule has 66 heavy (non-hydrogen) atoms. The number of nitrogens with zero attached hydrogens (tertiary/aromatic N) is 6. The summed E-state index contributed by atoms with van der Waals surface area (Å²) in [5, 5.41) is 0. The van der Waals surface area contributed by atoms with Crippen LogP contribution in [0.1, 0.15) is 0 Å². The Morgan fingerprint density at radius 2 is 0.606 bits per heavy atom. The van der Waals surface area contributed by atoms with Crippen molar-refractivity contribution in [1.29, 1.82) is 0 Å². The van der Waals surface area contributed by atoms with Gasteiger partial charge in [-0.3, -0.25) is 0 Å². The number of rotatable bonds is 10. The van der Waals surface area contributed by atoms with E-state index in [9.17, 15) is 0 Å². The van der Waals surface area contributed by atoms with E-state index in [1.165, 1.54) is 0 Å². The van der Waals surface area contributed by atoms with Gasteiger partial charge < -0.3 is 18.6 Å². The molecule has 3 aromatic heterocycles. The third-order valence-corrected chi connectivity index (χ3v) is 11.7.